The van der Waals surface area contributed by atoms with E-state index in [4.69, 9.17) is 0 Å². The van der Waals surface area contributed by atoms with Gasteiger partial charge in [0.25, 0.3) is 0 Å². The fourth-order valence-electron chi connectivity index (χ4n) is 1.80. The van der Waals surface area contributed by atoms with Gasteiger partial charge in [0.1, 0.15) is 0 Å². The summed E-state index contributed by atoms with van der Waals surface area (Å²) in [5.74, 6) is 0.0879. The zero-order chi connectivity index (χ0) is 8.84. The predicted octanol–water partition coefficient (Wildman–Crippen LogP) is 2.38. The number of hydrogen-bond acceptors (Lipinski definition) is 1. The van der Waals surface area contributed by atoms with Crippen molar-refractivity contribution in [1.82, 2.24) is 4.98 Å². The van der Waals surface area contributed by atoms with Crippen LogP contribution in [0.3, 0.4) is 0 Å². The highest BCUT2D eigenvalue weighted by Gasteiger charge is 2.15. The van der Waals surface area contributed by atoms with Gasteiger partial charge in [-0.15, -0.1) is 0 Å². The Bertz CT molecular complexity index is 534. The van der Waals surface area contributed by atoms with E-state index in [-0.39, 0.29) is 5.78 Å². The highest BCUT2D eigenvalue weighted by atomic mass is 16.1. The number of carbonyl (C=O) groups is 1. The van der Waals surface area contributed by atoms with Gasteiger partial charge in [-0.2, -0.15) is 0 Å². The monoisotopic (exact) mass is 169 g/mol. The highest BCUT2D eigenvalue weighted by Crippen LogP contribution is 2.27. The van der Waals surface area contributed by atoms with Crippen molar-refractivity contribution in [3.63, 3.8) is 0 Å². The van der Waals surface area contributed by atoms with Crippen molar-refractivity contribution in [2.45, 2.75) is 0 Å². The van der Waals surface area contributed by atoms with Crippen LogP contribution in [-0.2, 0) is 0 Å². The van der Waals surface area contributed by atoms with Crippen LogP contribution < -0.4 is 0 Å². The van der Waals surface area contributed by atoms with Gasteiger partial charge in [0, 0.05) is 22.7 Å². The molecular weight excluding hydrogens is 162 g/mol. The van der Waals surface area contributed by atoms with Crippen molar-refractivity contribution >= 4 is 22.8 Å². The van der Waals surface area contributed by atoms with Crippen LogP contribution in [-0.4, -0.2) is 10.8 Å². The van der Waals surface area contributed by atoms with Gasteiger partial charge in [-0.3, -0.25) is 4.79 Å². The zero-order valence-corrected chi connectivity index (χ0v) is 6.87. The largest absolute Gasteiger partial charge is 0.360 e. The first-order chi connectivity index (χ1) is 6.36. The van der Waals surface area contributed by atoms with Crippen molar-refractivity contribution in [2.75, 3.05) is 0 Å². The first-order valence-electron chi connectivity index (χ1n) is 4.19. The van der Waals surface area contributed by atoms with Gasteiger partial charge in [0.2, 0.25) is 0 Å². The second kappa shape index (κ2) is 2.10. The van der Waals surface area contributed by atoms with Crippen LogP contribution in [0, 0.1) is 0 Å². The van der Waals surface area contributed by atoms with E-state index in [9.17, 15) is 4.79 Å². The molecule has 0 atom stereocenters. The number of hydrogen-bond donors (Lipinski definition) is 1. The summed E-state index contributed by atoms with van der Waals surface area (Å²) in [6, 6.07) is 5.98. The Kier molecular flexibility index (Phi) is 1.08. The third kappa shape index (κ3) is 0.746. The third-order valence-electron chi connectivity index (χ3n) is 2.42. The number of allylic oxidation sites excluding steroid dienone is 1. The molecule has 1 aliphatic rings. The molecule has 3 rings (SSSR count). The third-order valence-corrected chi connectivity index (χ3v) is 2.42. The molecule has 1 heterocycles. The average molecular weight is 169 g/mol. The van der Waals surface area contributed by atoms with Crippen LogP contribution in [0.25, 0.3) is 17.0 Å². The topological polar surface area (TPSA) is 32.9 Å². The molecule has 1 N–H and O–H groups in total. The van der Waals surface area contributed by atoms with Crippen molar-refractivity contribution in [1.29, 1.82) is 0 Å². The Hall–Kier alpha value is -1.83. The van der Waals surface area contributed by atoms with Crippen LogP contribution >= 0.6 is 0 Å². The molecule has 0 bridgehead atoms. The van der Waals surface area contributed by atoms with Crippen LogP contribution in [0.2, 0.25) is 0 Å². The number of aromatic amines is 1. The van der Waals surface area contributed by atoms with Gasteiger partial charge in [0.05, 0.1) is 0 Å². The Morgan fingerprint density at radius 1 is 1.15 bits per heavy atom. The normalized spacial score (nSPS) is 14.0. The number of nitrogens with one attached hydrogen (secondary N) is 1. The van der Waals surface area contributed by atoms with E-state index in [0.29, 0.717) is 0 Å². The van der Waals surface area contributed by atoms with E-state index in [0.717, 1.165) is 22.0 Å². The lowest BCUT2D eigenvalue weighted by Crippen LogP contribution is -1.97. The van der Waals surface area contributed by atoms with E-state index in [1.54, 1.807) is 12.3 Å². The molecule has 0 fully saturated rings. The van der Waals surface area contributed by atoms with Gasteiger partial charge in [-0.1, -0.05) is 18.2 Å². The molecule has 13 heavy (non-hydrogen) atoms. The summed E-state index contributed by atoms with van der Waals surface area (Å²) in [5, 5.41) is 1.05. The van der Waals surface area contributed by atoms with Gasteiger partial charge in [0.15, 0.2) is 5.78 Å². The summed E-state index contributed by atoms with van der Waals surface area (Å²) in [4.78, 5) is 14.5. The van der Waals surface area contributed by atoms with Crippen molar-refractivity contribution < 1.29 is 4.79 Å². The maximum atomic E-state index is 11.4. The van der Waals surface area contributed by atoms with Crippen LogP contribution in [0.4, 0.5) is 0 Å². The van der Waals surface area contributed by atoms with Gasteiger partial charge in [-0.25, -0.2) is 0 Å². The molecule has 2 aromatic rings. The molecule has 62 valence electrons. The SMILES string of the molecule is O=C1C=Cc2cccc3[nH]cc1c23. The van der Waals surface area contributed by atoms with E-state index in [1.165, 1.54) is 0 Å². The number of carbonyl (C=O) groups excluding carboxylic acids is 1. The van der Waals surface area contributed by atoms with Gasteiger partial charge >= 0.3 is 0 Å². The van der Waals surface area contributed by atoms with E-state index in [2.05, 4.69) is 4.98 Å². The quantitative estimate of drug-likeness (QED) is 0.645. The Morgan fingerprint density at radius 3 is 3.00 bits per heavy atom. The zero-order valence-electron chi connectivity index (χ0n) is 6.87. The number of H-pyrrole nitrogens is 1. The molecule has 1 aromatic heterocycles. The first-order valence-corrected chi connectivity index (χ1v) is 4.19. The maximum absolute atomic E-state index is 11.4. The van der Waals surface area contributed by atoms with Crippen molar-refractivity contribution in [2.24, 2.45) is 0 Å². The standard InChI is InChI=1S/C11H7NO/c13-10-5-4-7-2-1-3-9-11(7)8(10)6-12-9/h1-6,12H. The number of benzene rings is 1. The lowest BCUT2D eigenvalue weighted by Gasteiger charge is -2.03. The van der Waals surface area contributed by atoms with Gasteiger partial charge < -0.3 is 4.98 Å². The summed E-state index contributed by atoms with van der Waals surface area (Å²) >= 11 is 0. The van der Waals surface area contributed by atoms with E-state index in [1.807, 2.05) is 24.3 Å². The molecule has 0 amide bonds. The minimum absolute atomic E-state index is 0.0879. The Morgan fingerprint density at radius 2 is 2.08 bits per heavy atom. The number of aromatic nitrogens is 1. The summed E-state index contributed by atoms with van der Waals surface area (Å²) in [5.41, 5.74) is 2.94. The lowest BCUT2D eigenvalue weighted by molar-refractivity contribution is 0.104. The smallest absolute Gasteiger partial charge is 0.188 e. The molecule has 1 aliphatic carbocycles. The fourth-order valence-corrected chi connectivity index (χ4v) is 1.80. The molecule has 0 aliphatic heterocycles. The highest BCUT2D eigenvalue weighted by molar-refractivity contribution is 6.19. The van der Waals surface area contributed by atoms with Crippen LogP contribution in [0.1, 0.15) is 15.9 Å². The predicted molar refractivity (Wildman–Crippen MR) is 51.7 cm³/mol. The van der Waals surface area contributed by atoms with E-state index >= 15 is 0 Å². The molecule has 0 radical (unpaired) electrons. The van der Waals surface area contributed by atoms with Crippen LogP contribution in [0.15, 0.2) is 30.5 Å². The summed E-state index contributed by atoms with van der Waals surface area (Å²) < 4.78 is 0. The molecule has 2 nitrogen and oxygen atoms in total. The first kappa shape index (κ1) is 6.66. The summed E-state index contributed by atoms with van der Waals surface area (Å²) in [7, 11) is 0. The molecule has 0 spiro atoms. The van der Waals surface area contributed by atoms with E-state index < -0.39 is 0 Å². The second-order valence-corrected chi connectivity index (χ2v) is 3.17. The molecule has 0 saturated carbocycles. The van der Waals surface area contributed by atoms with Crippen LogP contribution in [0.5, 0.6) is 0 Å². The molecular formula is C11H7NO. The lowest BCUT2D eigenvalue weighted by atomic mass is 9.98. The second-order valence-electron chi connectivity index (χ2n) is 3.17. The number of rotatable bonds is 0. The molecule has 0 unspecified atom stereocenters. The maximum Gasteiger partial charge on any atom is 0.188 e. The minimum atomic E-state index is 0.0879. The number of ketones is 1. The Labute approximate surface area is 74.9 Å². The summed E-state index contributed by atoms with van der Waals surface area (Å²) in [6.07, 6.45) is 5.26. The fraction of sp³-hybridized carbons (Fsp3) is 0. The summed E-state index contributed by atoms with van der Waals surface area (Å²) in [6.45, 7) is 0. The van der Waals surface area contributed by atoms with Crippen molar-refractivity contribution in [3.05, 3.63) is 41.6 Å². The molecule has 2 heteroatoms. The molecule has 0 saturated heterocycles. The van der Waals surface area contributed by atoms with Crippen molar-refractivity contribution in [3.8, 4) is 0 Å². The average Bonchev–Trinajstić information content (AvgIpc) is 2.57. The van der Waals surface area contributed by atoms with Gasteiger partial charge in [-0.05, 0) is 17.7 Å². The Balaban J connectivity index is 2.58. The minimum Gasteiger partial charge on any atom is -0.360 e. The molecule has 1 aromatic carbocycles.